The highest BCUT2D eigenvalue weighted by Crippen LogP contribution is 2.35. The van der Waals surface area contributed by atoms with Crippen LogP contribution in [0.1, 0.15) is 16.6 Å². The molecule has 0 saturated carbocycles. The summed E-state index contributed by atoms with van der Waals surface area (Å²) in [4.78, 5) is 14.8. The van der Waals surface area contributed by atoms with Gasteiger partial charge in [-0.2, -0.15) is 0 Å². The van der Waals surface area contributed by atoms with Crippen LogP contribution in [0.5, 0.6) is 0 Å². The smallest absolute Gasteiger partial charge is 0.263 e. The van der Waals surface area contributed by atoms with Crippen molar-refractivity contribution in [2.75, 3.05) is 26.4 Å². The van der Waals surface area contributed by atoms with E-state index in [0.29, 0.717) is 22.1 Å². The molecule has 6 heteroatoms. The monoisotopic (exact) mass is 311 g/mol. The number of nitrogens with two attached hydrogens (primary N) is 1. The fraction of sp³-hybridized carbons (Fsp3) is 0.357. The molecule has 1 heterocycles. The van der Waals surface area contributed by atoms with Gasteiger partial charge in [-0.3, -0.25) is 4.79 Å². The van der Waals surface area contributed by atoms with Gasteiger partial charge in [-0.1, -0.05) is 11.6 Å². The maximum Gasteiger partial charge on any atom is 0.263 e. The maximum absolute atomic E-state index is 12.2. The Morgan fingerprint density at radius 2 is 2.20 bits per heavy atom. The van der Waals surface area contributed by atoms with E-state index in [-0.39, 0.29) is 11.9 Å². The lowest BCUT2D eigenvalue weighted by Gasteiger charge is -2.19. The van der Waals surface area contributed by atoms with Gasteiger partial charge in [0.25, 0.3) is 5.91 Å². The van der Waals surface area contributed by atoms with Gasteiger partial charge < -0.3 is 16.0 Å². The van der Waals surface area contributed by atoms with Crippen molar-refractivity contribution in [2.24, 2.45) is 0 Å². The zero-order chi connectivity index (χ0) is 14.9. The zero-order valence-electron chi connectivity index (χ0n) is 11.7. The van der Waals surface area contributed by atoms with Crippen LogP contribution in [0.4, 0.5) is 5.69 Å². The molecule has 1 amide bonds. The average molecular weight is 312 g/mol. The van der Waals surface area contributed by atoms with Gasteiger partial charge in [0.05, 0.1) is 5.69 Å². The molecule has 3 N–H and O–H groups in total. The summed E-state index contributed by atoms with van der Waals surface area (Å²) in [5.41, 5.74) is 6.58. The predicted octanol–water partition coefficient (Wildman–Crippen LogP) is 2.82. The van der Waals surface area contributed by atoms with Gasteiger partial charge in [0.15, 0.2) is 0 Å². The lowest BCUT2D eigenvalue weighted by atomic mass is 10.2. The number of anilines is 1. The van der Waals surface area contributed by atoms with Crippen LogP contribution in [0.3, 0.4) is 0 Å². The SMILES string of the molecule is CC(CNC(=O)c1sc2cc(Cl)ccc2c1N)N(C)C. The van der Waals surface area contributed by atoms with Crippen LogP contribution >= 0.6 is 22.9 Å². The van der Waals surface area contributed by atoms with E-state index in [9.17, 15) is 4.79 Å². The molecule has 0 aliphatic carbocycles. The fourth-order valence-corrected chi connectivity index (χ4v) is 3.08. The minimum atomic E-state index is -0.131. The first kappa shape index (κ1) is 15.1. The molecule has 1 aromatic carbocycles. The number of hydrogen-bond donors (Lipinski definition) is 2. The van der Waals surface area contributed by atoms with Crippen LogP contribution in [0.25, 0.3) is 10.1 Å². The number of likely N-dealkylation sites (N-methyl/N-ethyl adjacent to an activating group) is 1. The molecule has 1 atom stereocenters. The first-order chi connectivity index (χ1) is 9.40. The number of fused-ring (bicyclic) bond motifs is 1. The third-order valence-electron chi connectivity index (χ3n) is 3.34. The number of nitrogens with zero attached hydrogens (tertiary/aromatic N) is 1. The summed E-state index contributed by atoms with van der Waals surface area (Å²) in [6.45, 7) is 2.63. The van der Waals surface area contributed by atoms with Crippen molar-refractivity contribution in [2.45, 2.75) is 13.0 Å². The third-order valence-corrected chi connectivity index (χ3v) is 4.74. The lowest BCUT2D eigenvalue weighted by molar-refractivity contribution is 0.0948. The Morgan fingerprint density at radius 1 is 1.50 bits per heavy atom. The second-order valence-corrected chi connectivity index (χ2v) is 6.50. The molecule has 1 aromatic heterocycles. The molecule has 20 heavy (non-hydrogen) atoms. The molecule has 0 aliphatic heterocycles. The van der Waals surface area contributed by atoms with Gasteiger partial charge in [-0.25, -0.2) is 0 Å². The summed E-state index contributed by atoms with van der Waals surface area (Å²) in [7, 11) is 3.96. The molecule has 1 unspecified atom stereocenters. The predicted molar refractivity (Wildman–Crippen MR) is 86.7 cm³/mol. The Bertz CT molecular complexity index is 639. The van der Waals surface area contributed by atoms with Crippen molar-refractivity contribution in [1.29, 1.82) is 0 Å². The first-order valence-corrected chi connectivity index (χ1v) is 7.51. The van der Waals surface area contributed by atoms with E-state index < -0.39 is 0 Å². The van der Waals surface area contributed by atoms with Crippen molar-refractivity contribution in [3.8, 4) is 0 Å². The van der Waals surface area contributed by atoms with Gasteiger partial charge in [-0.05, 0) is 39.2 Å². The number of thiophene rings is 1. The van der Waals surface area contributed by atoms with Gasteiger partial charge in [0.1, 0.15) is 4.88 Å². The van der Waals surface area contributed by atoms with E-state index in [1.165, 1.54) is 11.3 Å². The van der Waals surface area contributed by atoms with Gasteiger partial charge in [0.2, 0.25) is 0 Å². The molecule has 0 saturated heterocycles. The first-order valence-electron chi connectivity index (χ1n) is 6.32. The highest BCUT2D eigenvalue weighted by Gasteiger charge is 2.17. The van der Waals surface area contributed by atoms with E-state index in [4.69, 9.17) is 17.3 Å². The van der Waals surface area contributed by atoms with Crippen LogP contribution in [0, 0.1) is 0 Å². The molecule has 2 rings (SSSR count). The Balaban J connectivity index is 2.20. The van der Waals surface area contributed by atoms with E-state index >= 15 is 0 Å². The van der Waals surface area contributed by atoms with Crippen molar-refractivity contribution < 1.29 is 4.79 Å². The molecule has 0 fully saturated rings. The molecular weight excluding hydrogens is 294 g/mol. The largest absolute Gasteiger partial charge is 0.397 e. The summed E-state index contributed by atoms with van der Waals surface area (Å²) in [5, 5.41) is 4.44. The molecule has 0 radical (unpaired) electrons. The van der Waals surface area contributed by atoms with Crippen LogP contribution in [-0.4, -0.2) is 37.5 Å². The molecule has 0 aliphatic rings. The van der Waals surface area contributed by atoms with Gasteiger partial charge >= 0.3 is 0 Å². The Kier molecular flexibility index (Phi) is 4.52. The van der Waals surface area contributed by atoms with Gasteiger partial charge in [-0.15, -0.1) is 11.3 Å². The second kappa shape index (κ2) is 5.99. The van der Waals surface area contributed by atoms with Crippen LogP contribution in [0.15, 0.2) is 18.2 Å². The molecule has 0 bridgehead atoms. The highest BCUT2D eigenvalue weighted by atomic mass is 35.5. The van der Waals surface area contributed by atoms with Crippen molar-refractivity contribution in [3.05, 3.63) is 28.1 Å². The normalized spacial score (nSPS) is 12.8. The number of amides is 1. The van der Waals surface area contributed by atoms with E-state index in [1.807, 2.05) is 38.1 Å². The van der Waals surface area contributed by atoms with Crippen molar-refractivity contribution in [3.63, 3.8) is 0 Å². The summed E-state index contributed by atoms with van der Waals surface area (Å²) < 4.78 is 0.931. The van der Waals surface area contributed by atoms with Crippen LogP contribution < -0.4 is 11.1 Å². The van der Waals surface area contributed by atoms with E-state index in [0.717, 1.165) is 10.1 Å². The van der Waals surface area contributed by atoms with Gasteiger partial charge in [0, 0.05) is 27.7 Å². The number of rotatable bonds is 4. The number of halogens is 1. The molecule has 4 nitrogen and oxygen atoms in total. The molecular formula is C14H18ClN3OS. The summed E-state index contributed by atoms with van der Waals surface area (Å²) >= 11 is 7.33. The second-order valence-electron chi connectivity index (χ2n) is 5.01. The van der Waals surface area contributed by atoms with Crippen LogP contribution in [0.2, 0.25) is 5.02 Å². The van der Waals surface area contributed by atoms with Crippen molar-refractivity contribution >= 4 is 44.6 Å². The van der Waals surface area contributed by atoms with Crippen LogP contribution in [-0.2, 0) is 0 Å². The number of benzene rings is 1. The van der Waals surface area contributed by atoms with E-state index in [2.05, 4.69) is 5.32 Å². The molecule has 0 spiro atoms. The topological polar surface area (TPSA) is 58.4 Å². The number of carbonyl (C=O) groups excluding carboxylic acids is 1. The fourth-order valence-electron chi connectivity index (χ4n) is 1.76. The molecule has 2 aromatic rings. The Morgan fingerprint density at radius 3 is 2.85 bits per heavy atom. The number of nitrogen functional groups attached to an aromatic ring is 1. The minimum absolute atomic E-state index is 0.131. The summed E-state index contributed by atoms with van der Waals surface area (Å²) in [5.74, 6) is -0.131. The summed E-state index contributed by atoms with van der Waals surface area (Å²) in [6, 6.07) is 5.73. The average Bonchev–Trinajstić information content (AvgIpc) is 2.72. The lowest BCUT2D eigenvalue weighted by Crippen LogP contribution is -2.38. The minimum Gasteiger partial charge on any atom is -0.397 e. The quantitative estimate of drug-likeness (QED) is 0.913. The Labute approximate surface area is 127 Å². The number of carbonyl (C=O) groups is 1. The van der Waals surface area contributed by atoms with Crippen molar-refractivity contribution in [1.82, 2.24) is 10.2 Å². The van der Waals surface area contributed by atoms with E-state index in [1.54, 1.807) is 6.07 Å². The third kappa shape index (κ3) is 3.06. The number of hydrogen-bond acceptors (Lipinski definition) is 4. The molecule has 108 valence electrons. The summed E-state index contributed by atoms with van der Waals surface area (Å²) in [6.07, 6.45) is 0. The number of nitrogens with one attached hydrogen (secondary N) is 1. The zero-order valence-corrected chi connectivity index (χ0v) is 13.3. The highest BCUT2D eigenvalue weighted by molar-refractivity contribution is 7.21. The standard InChI is InChI=1S/C14H18ClN3OS/c1-8(18(2)3)7-17-14(19)13-12(16)10-5-4-9(15)6-11(10)20-13/h4-6,8H,7,16H2,1-3H3,(H,17,19). The Hall–Kier alpha value is -1.30. The maximum atomic E-state index is 12.2.